The van der Waals surface area contributed by atoms with E-state index in [2.05, 4.69) is 65.8 Å². The fourth-order valence-electron chi connectivity index (χ4n) is 6.01. The van der Waals surface area contributed by atoms with Crippen LogP contribution in [0.5, 0.6) is 11.5 Å². The number of rotatable bonds is 6. The van der Waals surface area contributed by atoms with Gasteiger partial charge in [0.2, 0.25) is 0 Å². The van der Waals surface area contributed by atoms with Gasteiger partial charge in [0, 0.05) is 17.1 Å². The van der Waals surface area contributed by atoms with Crippen LogP contribution in [0, 0.1) is 0 Å². The molecule has 3 heteroatoms. The number of phenols is 2. The standard InChI is InChI=1S/C32H46O2S/c1-31(2,3)25-17-24(29(33)27(18-25)23-13-9-10-14-23)20-35-19-21-15-26(22-11-7-8-12-22)30(34)28(16-21)32(4,5)6/h15-18,22-23,33-34H,7-14,19-20H2,1-6H3. The van der Waals surface area contributed by atoms with Gasteiger partial charge in [-0.3, -0.25) is 0 Å². The third-order valence-electron chi connectivity index (χ3n) is 8.21. The van der Waals surface area contributed by atoms with Crippen LogP contribution in [0.3, 0.4) is 0 Å². The average Bonchev–Trinajstić information content (AvgIpc) is 3.48. The molecule has 2 N–H and O–H groups in total. The first-order valence-electron chi connectivity index (χ1n) is 13.8. The lowest BCUT2D eigenvalue weighted by atomic mass is 9.82. The van der Waals surface area contributed by atoms with Gasteiger partial charge in [-0.1, -0.05) is 91.5 Å². The van der Waals surface area contributed by atoms with Crippen LogP contribution in [0.15, 0.2) is 24.3 Å². The zero-order valence-electron chi connectivity index (χ0n) is 22.8. The number of hydrogen-bond acceptors (Lipinski definition) is 3. The van der Waals surface area contributed by atoms with Gasteiger partial charge in [-0.2, -0.15) is 11.8 Å². The van der Waals surface area contributed by atoms with Crippen molar-refractivity contribution in [3.8, 4) is 11.5 Å². The van der Waals surface area contributed by atoms with Gasteiger partial charge < -0.3 is 10.2 Å². The number of benzene rings is 2. The highest BCUT2D eigenvalue weighted by atomic mass is 32.2. The van der Waals surface area contributed by atoms with Gasteiger partial charge in [0.05, 0.1) is 0 Å². The second kappa shape index (κ2) is 10.4. The van der Waals surface area contributed by atoms with Crippen molar-refractivity contribution in [3.63, 3.8) is 0 Å². The second-order valence-electron chi connectivity index (χ2n) is 13.1. The molecule has 0 saturated heterocycles. The first kappa shape index (κ1) is 26.5. The summed E-state index contributed by atoms with van der Waals surface area (Å²) in [6.07, 6.45) is 9.83. The minimum atomic E-state index is -0.0897. The summed E-state index contributed by atoms with van der Waals surface area (Å²) in [5.41, 5.74) is 7.08. The van der Waals surface area contributed by atoms with E-state index in [0.717, 1.165) is 28.2 Å². The first-order chi connectivity index (χ1) is 16.4. The molecule has 192 valence electrons. The van der Waals surface area contributed by atoms with E-state index in [9.17, 15) is 10.2 Å². The molecule has 0 amide bonds. The molecule has 2 fully saturated rings. The lowest BCUT2D eigenvalue weighted by Crippen LogP contribution is -2.13. The monoisotopic (exact) mass is 494 g/mol. The van der Waals surface area contributed by atoms with Crippen LogP contribution in [0.4, 0.5) is 0 Å². The van der Waals surface area contributed by atoms with Crippen molar-refractivity contribution in [3.05, 3.63) is 57.6 Å². The molecule has 2 aliphatic rings. The van der Waals surface area contributed by atoms with Gasteiger partial charge in [0.15, 0.2) is 0 Å². The molecule has 2 saturated carbocycles. The van der Waals surface area contributed by atoms with Crippen LogP contribution >= 0.6 is 11.8 Å². The molecule has 0 aliphatic heterocycles. The molecule has 2 aliphatic carbocycles. The topological polar surface area (TPSA) is 40.5 Å². The van der Waals surface area contributed by atoms with Crippen molar-refractivity contribution < 1.29 is 10.2 Å². The SMILES string of the molecule is CC(C)(C)c1cc(CSCc2cc(C3CCCC3)c(O)c(C(C)(C)C)c2)c(O)c(C2CCCC2)c1. The van der Waals surface area contributed by atoms with Gasteiger partial charge in [0.25, 0.3) is 0 Å². The van der Waals surface area contributed by atoms with Gasteiger partial charge >= 0.3 is 0 Å². The lowest BCUT2D eigenvalue weighted by Gasteiger charge is -2.25. The molecule has 4 rings (SSSR count). The van der Waals surface area contributed by atoms with E-state index in [0.29, 0.717) is 23.3 Å². The van der Waals surface area contributed by atoms with Crippen LogP contribution in [0.2, 0.25) is 0 Å². The molecule has 0 heterocycles. The van der Waals surface area contributed by atoms with E-state index in [1.54, 1.807) is 0 Å². The Balaban J connectivity index is 1.59. The summed E-state index contributed by atoms with van der Waals surface area (Å²) in [5, 5.41) is 22.4. The molecule has 35 heavy (non-hydrogen) atoms. The van der Waals surface area contributed by atoms with Crippen molar-refractivity contribution in [2.24, 2.45) is 0 Å². The molecule has 2 aromatic carbocycles. The summed E-state index contributed by atoms with van der Waals surface area (Å²) in [5.74, 6) is 3.74. The van der Waals surface area contributed by atoms with Crippen molar-refractivity contribution in [1.82, 2.24) is 0 Å². The van der Waals surface area contributed by atoms with E-state index in [4.69, 9.17) is 0 Å². The van der Waals surface area contributed by atoms with E-state index >= 15 is 0 Å². The van der Waals surface area contributed by atoms with Crippen LogP contribution in [0.25, 0.3) is 0 Å². The lowest BCUT2D eigenvalue weighted by molar-refractivity contribution is 0.434. The normalized spacial score (nSPS) is 18.0. The predicted molar refractivity (Wildman–Crippen MR) is 151 cm³/mol. The van der Waals surface area contributed by atoms with Crippen molar-refractivity contribution in [2.75, 3.05) is 0 Å². The van der Waals surface area contributed by atoms with Crippen LogP contribution in [-0.4, -0.2) is 10.2 Å². The van der Waals surface area contributed by atoms with Crippen LogP contribution < -0.4 is 0 Å². The van der Waals surface area contributed by atoms with Crippen molar-refractivity contribution in [2.45, 2.75) is 127 Å². The molecule has 0 unspecified atom stereocenters. The Hall–Kier alpha value is -1.61. The highest BCUT2D eigenvalue weighted by Crippen LogP contribution is 2.45. The molecule has 0 aromatic heterocycles. The summed E-state index contributed by atoms with van der Waals surface area (Å²) >= 11 is 1.88. The summed E-state index contributed by atoms with van der Waals surface area (Å²) in [6, 6.07) is 9.00. The Morgan fingerprint density at radius 2 is 1.23 bits per heavy atom. The van der Waals surface area contributed by atoms with Gasteiger partial charge in [-0.05, 0) is 76.2 Å². The summed E-state index contributed by atoms with van der Waals surface area (Å²) in [7, 11) is 0. The maximum Gasteiger partial charge on any atom is 0.123 e. The fourth-order valence-corrected chi connectivity index (χ4v) is 6.96. The Labute approximate surface area is 217 Å². The summed E-state index contributed by atoms with van der Waals surface area (Å²) < 4.78 is 0. The molecule has 0 bridgehead atoms. The van der Waals surface area contributed by atoms with E-state index in [1.807, 2.05) is 11.8 Å². The van der Waals surface area contributed by atoms with Gasteiger partial charge in [0.1, 0.15) is 11.5 Å². The predicted octanol–water partition coefficient (Wildman–Crippen LogP) is 9.44. The molecule has 2 nitrogen and oxygen atoms in total. The third kappa shape index (κ3) is 6.04. The molecule has 0 radical (unpaired) electrons. The molecule has 2 aromatic rings. The molecule has 0 spiro atoms. The van der Waals surface area contributed by atoms with E-state index in [1.165, 1.54) is 68.1 Å². The quantitative estimate of drug-likeness (QED) is 0.420. The van der Waals surface area contributed by atoms with E-state index in [-0.39, 0.29) is 10.8 Å². The Kier molecular flexibility index (Phi) is 7.86. The van der Waals surface area contributed by atoms with Crippen LogP contribution in [0.1, 0.15) is 138 Å². The number of aromatic hydroxyl groups is 2. The molecular weight excluding hydrogens is 448 g/mol. The third-order valence-corrected chi connectivity index (χ3v) is 9.26. The highest BCUT2D eigenvalue weighted by molar-refractivity contribution is 7.97. The number of phenolic OH excluding ortho intramolecular Hbond substituents is 2. The number of hydrogen-bond donors (Lipinski definition) is 2. The minimum Gasteiger partial charge on any atom is -0.507 e. The Bertz CT molecular complexity index is 1030. The van der Waals surface area contributed by atoms with Crippen molar-refractivity contribution >= 4 is 11.8 Å². The molecular formula is C32H46O2S. The Morgan fingerprint density at radius 1 is 0.686 bits per heavy atom. The number of thioether (sulfide) groups is 1. The fraction of sp³-hybridized carbons (Fsp3) is 0.625. The first-order valence-corrected chi connectivity index (χ1v) is 14.9. The summed E-state index contributed by atoms with van der Waals surface area (Å²) in [4.78, 5) is 0. The van der Waals surface area contributed by atoms with Crippen molar-refractivity contribution in [1.29, 1.82) is 0 Å². The minimum absolute atomic E-state index is 0.0647. The Morgan fingerprint density at radius 3 is 1.74 bits per heavy atom. The maximum absolute atomic E-state index is 11.3. The van der Waals surface area contributed by atoms with E-state index < -0.39 is 0 Å². The highest BCUT2D eigenvalue weighted by Gasteiger charge is 2.27. The van der Waals surface area contributed by atoms with Gasteiger partial charge in [-0.15, -0.1) is 0 Å². The zero-order chi connectivity index (χ0) is 25.4. The molecule has 0 atom stereocenters. The van der Waals surface area contributed by atoms with Gasteiger partial charge in [-0.25, -0.2) is 0 Å². The smallest absolute Gasteiger partial charge is 0.123 e. The average molecular weight is 495 g/mol. The largest absolute Gasteiger partial charge is 0.507 e. The van der Waals surface area contributed by atoms with Crippen LogP contribution in [-0.2, 0) is 22.3 Å². The second-order valence-corrected chi connectivity index (χ2v) is 14.1. The maximum atomic E-state index is 11.3. The zero-order valence-corrected chi connectivity index (χ0v) is 23.7. The summed E-state index contributed by atoms with van der Waals surface area (Å²) in [6.45, 7) is 13.4.